The van der Waals surface area contributed by atoms with E-state index in [-0.39, 0.29) is 24.3 Å². The topological polar surface area (TPSA) is 89.5 Å². The van der Waals surface area contributed by atoms with Crippen LogP contribution >= 0.6 is 15.9 Å². The van der Waals surface area contributed by atoms with E-state index in [4.69, 9.17) is 0 Å². The summed E-state index contributed by atoms with van der Waals surface area (Å²) in [6.45, 7) is 0.433. The zero-order chi connectivity index (χ0) is 19.0. The highest BCUT2D eigenvalue weighted by atomic mass is 79.9. The molecule has 0 saturated carbocycles. The lowest BCUT2D eigenvalue weighted by Crippen LogP contribution is -2.31. The molecule has 7 heteroatoms. The number of rotatable bonds is 5. The van der Waals surface area contributed by atoms with Crippen molar-refractivity contribution in [3.05, 3.63) is 69.8 Å². The Kier molecular flexibility index (Phi) is 4.72. The molecule has 0 aliphatic carbocycles. The third kappa shape index (κ3) is 3.02. The number of benzene rings is 2. The van der Waals surface area contributed by atoms with Crippen LogP contribution in [0.4, 0.5) is 0 Å². The highest BCUT2D eigenvalue weighted by molar-refractivity contribution is 9.10. The molecule has 2 heterocycles. The summed E-state index contributed by atoms with van der Waals surface area (Å²) in [6.07, 6.45) is 0.486. The predicted molar refractivity (Wildman–Crippen MR) is 104 cm³/mol. The maximum Gasteiger partial charge on any atom is 0.273 e. The second kappa shape index (κ2) is 7.17. The van der Waals surface area contributed by atoms with Crippen LogP contribution in [0.5, 0.6) is 5.75 Å². The van der Waals surface area contributed by atoms with E-state index in [0.717, 1.165) is 15.6 Å². The van der Waals surface area contributed by atoms with Gasteiger partial charge in [0, 0.05) is 28.8 Å². The van der Waals surface area contributed by atoms with Gasteiger partial charge in [0.05, 0.1) is 6.04 Å². The van der Waals surface area contributed by atoms with Gasteiger partial charge >= 0.3 is 0 Å². The highest BCUT2D eigenvalue weighted by Crippen LogP contribution is 2.44. The SMILES string of the molecule is O=C1c2[nH]nc(-c3ccccc3O)c2[C@H](c2cccc(Br)c2)N1CCCO. The van der Waals surface area contributed by atoms with Crippen LogP contribution in [0, 0.1) is 0 Å². The van der Waals surface area contributed by atoms with Gasteiger partial charge < -0.3 is 15.1 Å². The van der Waals surface area contributed by atoms with Gasteiger partial charge in [0.2, 0.25) is 0 Å². The van der Waals surface area contributed by atoms with Crippen LogP contribution in [0.15, 0.2) is 53.0 Å². The molecule has 1 aromatic heterocycles. The van der Waals surface area contributed by atoms with Gasteiger partial charge in [0.25, 0.3) is 5.91 Å². The largest absolute Gasteiger partial charge is 0.507 e. The van der Waals surface area contributed by atoms with E-state index >= 15 is 0 Å². The van der Waals surface area contributed by atoms with Gasteiger partial charge in [-0.25, -0.2) is 0 Å². The van der Waals surface area contributed by atoms with E-state index in [2.05, 4.69) is 26.1 Å². The van der Waals surface area contributed by atoms with E-state index in [1.54, 1.807) is 23.1 Å². The van der Waals surface area contributed by atoms with Crippen LogP contribution in [0.25, 0.3) is 11.3 Å². The van der Waals surface area contributed by atoms with Crippen LogP contribution in [0.3, 0.4) is 0 Å². The molecule has 1 aliphatic rings. The molecule has 0 radical (unpaired) electrons. The number of hydrogen-bond donors (Lipinski definition) is 3. The minimum atomic E-state index is -0.343. The molecule has 6 nitrogen and oxygen atoms in total. The molecule has 1 amide bonds. The van der Waals surface area contributed by atoms with E-state index in [1.165, 1.54) is 0 Å². The third-order valence-electron chi connectivity index (χ3n) is 4.74. The quantitative estimate of drug-likeness (QED) is 0.581. The zero-order valence-corrected chi connectivity index (χ0v) is 16.0. The average molecular weight is 428 g/mol. The van der Waals surface area contributed by atoms with Gasteiger partial charge in [-0.1, -0.05) is 40.2 Å². The number of phenolic OH excluding ortho intramolecular Hbond substituents is 1. The molecule has 0 fully saturated rings. The molecule has 0 bridgehead atoms. The number of halogens is 1. The third-order valence-corrected chi connectivity index (χ3v) is 5.24. The monoisotopic (exact) mass is 427 g/mol. The molecular formula is C20H18BrN3O3. The first kappa shape index (κ1) is 17.8. The number of nitrogens with zero attached hydrogens (tertiary/aromatic N) is 2. The number of H-pyrrole nitrogens is 1. The van der Waals surface area contributed by atoms with Gasteiger partial charge in [0.15, 0.2) is 0 Å². The summed E-state index contributed by atoms with van der Waals surface area (Å²) in [7, 11) is 0. The summed E-state index contributed by atoms with van der Waals surface area (Å²) < 4.78 is 0.913. The predicted octanol–water partition coefficient (Wildman–Crippen LogP) is 3.47. The molecule has 1 atom stereocenters. The number of carbonyl (C=O) groups excluding carboxylic acids is 1. The first-order valence-corrected chi connectivity index (χ1v) is 9.45. The lowest BCUT2D eigenvalue weighted by Gasteiger charge is -2.26. The second-order valence-corrected chi connectivity index (χ2v) is 7.33. The average Bonchev–Trinajstić information content (AvgIpc) is 3.20. The van der Waals surface area contributed by atoms with E-state index in [0.29, 0.717) is 29.9 Å². The molecule has 3 N–H and O–H groups in total. The summed E-state index contributed by atoms with van der Waals surface area (Å²) in [6, 6.07) is 14.4. The molecular weight excluding hydrogens is 410 g/mol. The number of aromatic nitrogens is 2. The minimum Gasteiger partial charge on any atom is -0.507 e. The number of carbonyl (C=O) groups is 1. The summed E-state index contributed by atoms with van der Waals surface area (Å²) in [4.78, 5) is 14.7. The summed E-state index contributed by atoms with van der Waals surface area (Å²) >= 11 is 3.50. The molecule has 1 aliphatic heterocycles. The van der Waals surface area contributed by atoms with Crippen molar-refractivity contribution >= 4 is 21.8 Å². The Bertz CT molecular complexity index is 1000. The van der Waals surface area contributed by atoms with Crippen LogP contribution in [0.1, 0.15) is 34.1 Å². The van der Waals surface area contributed by atoms with Crippen LogP contribution in [0.2, 0.25) is 0 Å². The lowest BCUT2D eigenvalue weighted by atomic mass is 9.95. The lowest BCUT2D eigenvalue weighted by molar-refractivity contribution is 0.0732. The van der Waals surface area contributed by atoms with Gasteiger partial charge in [-0.2, -0.15) is 5.10 Å². The number of hydrogen-bond acceptors (Lipinski definition) is 4. The number of nitrogens with one attached hydrogen (secondary N) is 1. The van der Waals surface area contributed by atoms with Crippen molar-refractivity contribution in [2.45, 2.75) is 12.5 Å². The molecule has 2 aromatic carbocycles. The number of amides is 1. The Hall–Kier alpha value is -2.64. The molecule has 3 aromatic rings. The van der Waals surface area contributed by atoms with Crippen LogP contribution in [-0.4, -0.2) is 44.4 Å². The van der Waals surface area contributed by atoms with Crippen LogP contribution < -0.4 is 0 Å². The maximum absolute atomic E-state index is 13.0. The normalized spacial score (nSPS) is 16.0. The number of aromatic hydroxyl groups is 1. The molecule has 4 rings (SSSR count). The Labute approximate surface area is 164 Å². The number of aromatic amines is 1. The zero-order valence-electron chi connectivity index (χ0n) is 14.4. The van der Waals surface area contributed by atoms with Gasteiger partial charge in [0.1, 0.15) is 17.1 Å². The smallest absolute Gasteiger partial charge is 0.273 e. The standard InChI is InChI=1S/C20H18BrN3O3/c21-13-6-3-5-12(11-13)19-16-17(14-7-1-2-8-15(14)26)22-23-18(16)20(27)24(19)9-4-10-25/h1-3,5-8,11,19,25-26H,4,9-10H2,(H,22,23)/t19-/m0/s1. The summed E-state index contributed by atoms with van der Waals surface area (Å²) in [5.41, 5.74) is 3.25. The number of para-hydroxylation sites is 1. The Morgan fingerprint density at radius 3 is 2.74 bits per heavy atom. The number of phenols is 1. The van der Waals surface area contributed by atoms with Gasteiger partial charge in [-0.15, -0.1) is 0 Å². The van der Waals surface area contributed by atoms with E-state index in [1.807, 2.05) is 30.3 Å². The fraction of sp³-hybridized carbons (Fsp3) is 0.200. The van der Waals surface area contributed by atoms with Gasteiger partial charge in [-0.3, -0.25) is 9.89 Å². The number of aliphatic hydroxyl groups excluding tert-OH is 1. The van der Waals surface area contributed by atoms with Crippen molar-refractivity contribution in [1.82, 2.24) is 15.1 Å². The molecule has 0 spiro atoms. The number of aliphatic hydroxyl groups is 1. The Morgan fingerprint density at radius 2 is 2.00 bits per heavy atom. The first-order valence-electron chi connectivity index (χ1n) is 8.65. The van der Waals surface area contributed by atoms with Crippen molar-refractivity contribution < 1.29 is 15.0 Å². The molecule has 0 saturated heterocycles. The van der Waals surface area contributed by atoms with Gasteiger partial charge in [-0.05, 0) is 36.2 Å². The highest BCUT2D eigenvalue weighted by Gasteiger charge is 2.42. The molecule has 27 heavy (non-hydrogen) atoms. The molecule has 0 unspecified atom stereocenters. The van der Waals surface area contributed by atoms with E-state index < -0.39 is 0 Å². The van der Waals surface area contributed by atoms with Crippen LogP contribution in [-0.2, 0) is 0 Å². The fourth-order valence-electron chi connectivity index (χ4n) is 3.57. The second-order valence-electron chi connectivity index (χ2n) is 6.41. The van der Waals surface area contributed by atoms with Crippen molar-refractivity contribution in [3.63, 3.8) is 0 Å². The maximum atomic E-state index is 13.0. The van der Waals surface area contributed by atoms with Crippen molar-refractivity contribution in [1.29, 1.82) is 0 Å². The van der Waals surface area contributed by atoms with Crippen molar-refractivity contribution in [2.75, 3.05) is 13.2 Å². The van der Waals surface area contributed by atoms with Crippen molar-refractivity contribution in [3.8, 4) is 17.0 Å². The Morgan fingerprint density at radius 1 is 1.19 bits per heavy atom. The fourth-order valence-corrected chi connectivity index (χ4v) is 3.99. The summed E-state index contributed by atoms with van der Waals surface area (Å²) in [5.74, 6) is -0.0429. The summed E-state index contributed by atoms with van der Waals surface area (Å²) in [5, 5.41) is 26.7. The van der Waals surface area contributed by atoms with E-state index in [9.17, 15) is 15.0 Å². The minimum absolute atomic E-state index is 0.00744. The Balaban J connectivity index is 1.89. The van der Waals surface area contributed by atoms with Crippen molar-refractivity contribution in [2.24, 2.45) is 0 Å². The number of fused-ring (bicyclic) bond motifs is 1. The first-order chi connectivity index (χ1) is 13.1. The molecule has 138 valence electrons.